The van der Waals surface area contributed by atoms with Crippen molar-refractivity contribution in [2.75, 3.05) is 17.3 Å². The van der Waals surface area contributed by atoms with Crippen LogP contribution < -0.4 is 10.2 Å². The van der Waals surface area contributed by atoms with Crippen LogP contribution >= 0.6 is 0 Å². The van der Waals surface area contributed by atoms with Gasteiger partial charge in [-0.05, 0) is 50.2 Å². The van der Waals surface area contributed by atoms with Gasteiger partial charge in [-0.25, -0.2) is 4.79 Å². The molecule has 0 fully saturated rings. The third-order valence-electron chi connectivity index (χ3n) is 4.80. The van der Waals surface area contributed by atoms with Crippen LogP contribution in [0.1, 0.15) is 33.2 Å². The lowest BCUT2D eigenvalue weighted by Crippen LogP contribution is -2.32. The number of nitrogens with zero attached hydrogens (tertiary/aromatic N) is 1. The van der Waals surface area contributed by atoms with Gasteiger partial charge in [0, 0.05) is 18.4 Å². The molecule has 3 aromatic carbocycles. The summed E-state index contributed by atoms with van der Waals surface area (Å²) in [7, 11) is 1.64. The third-order valence-corrected chi connectivity index (χ3v) is 4.80. The fourth-order valence-electron chi connectivity index (χ4n) is 2.96. The first-order valence-corrected chi connectivity index (χ1v) is 9.87. The number of carbonyl (C=O) groups is 3. The van der Waals surface area contributed by atoms with Crippen molar-refractivity contribution in [2.45, 2.75) is 20.0 Å². The lowest BCUT2D eigenvalue weighted by molar-refractivity contribution is -0.123. The zero-order chi connectivity index (χ0) is 22.4. The number of ether oxygens (including phenoxy) is 1. The second-order valence-electron chi connectivity index (χ2n) is 7.15. The second kappa shape index (κ2) is 9.71. The first-order chi connectivity index (χ1) is 14.9. The van der Waals surface area contributed by atoms with Crippen LogP contribution in [0.5, 0.6) is 0 Å². The molecule has 158 valence electrons. The van der Waals surface area contributed by atoms with Crippen LogP contribution in [0.3, 0.4) is 0 Å². The number of aryl methyl sites for hydroxylation is 1. The Bertz CT molecular complexity index is 1080. The molecule has 0 heterocycles. The molecule has 0 unspecified atom stereocenters. The molecule has 0 aromatic heterocycles. The molecule has 6 nitrogen and oxygen atoms in total. The fourth-order valence-corrected chi connectivity index (χ4v) is 2.96. The molecule has 0 saturated heterocycles. The van der Waals surface area contributed by atoms with Crippen LogP contribution in [-0.4, -0.2) is 30.9 Å². The van der Waals surface area contributed by atoms with Crippen molar-refractivity contribution in [1.29, 1.82) is 0 Å². The highest BCUT2D eigenvalue weighted by molar-refractivity contribution is 6.12. The van der Waals surface area contributed by atoms with Gasteiger partial charge in [0.2, 0.25) is 0 Å². The summed E-state index contributed by atoms with van der Waals surface area (Å²) in [4.78, 5) is 39.6. The van der Waals surface area contributed by atoms with E-state index in [1.807, 2.05) is 37.3 Å². The zero-order valence-corrected chi connectivity index (χ0v) is 17.7. The molecule has 1 N–H and O–H groups in total. The number of nitrogens with one attached hydrogen (secondary N) is 1. The SMILES string of the molecule is Cc1ccc(NC(=O)[C@@H](C)OC(=O)c2ccccc2C(=O)N(C)c2ccccc2)cc1. The Morgan fingerprint density at radius 2 is 1.42 bits per heavy atom. The topological polar surface area (TPSA) is 75.7 Å². The van der Waals surface area contributed by atoms with E-state index in [2.05, 4.69) is 5.32 Å². The van der Waals surface area contributed by atoms with Gasteiger partial charge in [0.05, 0.1) is 11.1 Å². The molecule has 6 heteroatoms. The van der Waals surface area contributed by atoms with Gasteiger partial charge in [-0.15, -0.1) is 0 Å². The van der Waals surface area contributed by atoms with E-state index in [4.69, 9.17) is 4.74 Å². The Morgan fingerprint density at radius 1 is 0.839 bits per heavy atom. The van der Waals surface area contributed by atoms with Gasteiger partial charge in [-0.3, -0.25) is 9.59 Å². The van der Waals surface area contributed by atoms with Gasteiger partial charge < -0.3 is 15.0 Å². The molecule has 31 heavy (non-hydrogen) atoms. The fraction of sp³-hybridized carbons (Fsp3) is 0.160. The van der Waals surface area contributed by atoms with E-state index >= 15 is 0 Å². The number of rotatable bonds is 6. The molecule has 0 aliphatic heterocycles. The summed E-state index contributed by atoms with van der Waals surface area (Å²) in [5, 5.41) is 2.71. The largest absolute Gasteiger partial charge is 0.449 e. The highest BCUT2D eigenvalue weighted by Gasteiger charge is 2.24. The average molecular weight is 416 g/mol. The zero-order valence-electron chi connectivity index (χ0n) is 17.7. The second-order valence-corrected chi connectivity index (χ2v) is 7.15. The first-order valence-electron chi connectivity index (χ1n) is 9.87. The maximum atomic E-state index is 13.0. The van der Waals surface area contributed by atoms with Crippen molar-refractivity contribution in [3.63, 3.8) is 0 Å². The van der Waals surface area contributed by atoms with Crippen molar-refractivity contribution >= 4 is 29.2 Å². The van der Waals surface area contributed by atoms with Crippen LogP contribution in [0.2, 0.25) is 0 Å². The standard InChI is InChI=1S/C25H24N2O4/c1-17-13-15-19(16-14-17)26-23(28)18(2)31-25(30)22-12-8-7-11-21(22)24(29)27(3)20-9-5-4-6-10-20/h4-16,18H,1-3H3,(H,26,28)/t18-/m1/s1. The summed E-state index contributed by atoms with van der Waals surface area (Å²) < 4.78 is 5.35. The lowest BCUT2D eigenvalue weighted by atomic mass is 10.1. The average Bonchev–Trinajstić information content (AvgIpc) is 2.80. The Labute approximate surface area is 181 Å². The van der Waals surface area contributed by atoms with E-state index in [0.29, 0.717) is 11.4 Å². The molecule has 1 atom stereocenters. The summed E-state index contributed by atoms with van der Waals surface area (Å²) >= 11 is 0. The molecular weight excluding hydrogens is 392 g/mol. The van der Waals surface area contributed by atoms with Gasteiger partial charge in [0.25, 0.3) is 11.8 Å². The lowest BCUT2D eigenvalue weighted by Gasteiger charge is -2.19. The number of carbonyl (C=O) groups excluding carboxylic acids is 3. The minimum atomic E-state index is -1.04. The third kappa shape index (κ3) is 5.36. The van der Waals surface area contributed by atoms with Gasteiger partial charge in [-0.1, -0.05) is 48.0 Å². The molecule has 0 radical (unpaired) electrons. The number of benzene rings is 3. The minimum absolute atomic E-state index is 0.102. The van der Waals surface area contributed by atoms with Crippen LogP contribution in [0.25, 0.3) is 0 Å². The molecule has 3 aromatic rings. The van der Waals surface area contributed by atoms with Crippen molar-refractivity contribution in [2.24, 2.45) is 0 Å². The molecule has 0 saturated carbocycles. The summed E-state index contributed by atoms with van der Waals surface area (Å²) in [5.74, 6) is -1.55. The molecule has 0 spiro atoms. The van der Waals surface area contributed by atoms with Gasteiger partial charge in [0.15, 0.2) is 6.10 Å². The van der Waals surface area contributed by atoms with Crippen molar-refractivity contribution in [1.82, 2.24) is 0 Å². The maximum Gasteiger partial charge on any atom is 0.339 e. The predicted molar refractivity (Wildman–Crippen MR) is 120 cm³/mol. The van der Waals surface area contributed by atoms with Crippen molar-refractivity contribution in [3.8, 4) is 0 Å². The molecule has 3 rings (SSSR count). The monoisotopic (exact) mass is 416 g/mol. The predicted octanol–water partition coefficient (Wildman–Crippen LogP) is 4.46. The van der Waals surface area contributed by atoms with Crippen molar-refractivity contribution < 1.29 is 19.1 Å². The van der Waals surface area contributed by atoms with E-state index in [1.165, 1.54) is 17.9 Å². The Kier molecular flexibility index (Phi) is 6.82. The summed E-state index contributed by atoms with van der Waals surface area (Å²) in [6.45, 7) is 3.44. The maximum absolute atomic E-state index is 13.0. The van der Waals surface area contributed by atoms with Crippen molar-refractivity contribution in [3.05, 3.63) is 95.6 Å². The number of anilines is 2. The highest BCUT2D eigenvalue weighted by atomic mass is 16.5. The summed E-state index contributed by atoms with van der Waals surface area (Å²) in [6, 6.07) is 22.8. The number of hydrogen-bond donors (Lipinski definition) is 1. The van der Waals surface area contributed by atoms with Crippen LogP contribution in [-0.2, 0) is 9.53 Å². The minimum Gasteiger partial charge on any atom is -0.449 e. The molecular formula is C25H24N2O4. The number of para-hydroxylation sites is 1. The molecule has 0 aliphatic carbocycles. The van der Waals surface area contributed by atoms with Crippen LogP contribution in [0.15, 0.2) is 78.9 Å². The van der Waals surface area contributed by atoms with Gasteiger partial charge in [-0.2, -0.15) is 0 Å². The Morgan fingerprint density at radius 3 is 2.06 bits per heavy atom. The smallest absolute Gasteiger partial charge is 0.339 e. The normalized spacial score (nSPS) is 11.3. The summed E-state index contributed by atoms with van der Waals surface area (Å²) in [5.41, 5.74) is 2.68. The number of amides is 2. The Balaban J connectivity index is 1.72. The molecule has 2 amide bonds. The van der Waals surface area contributed by atoms with Crippen LogP contribution in [0, 0.1) is 6.92 Å². The number of hydrogen-bond acceptors (Lipinski definition) is 4. The van der Waals surface area contributed by atoms with E-state index in [9.17, 15) is 14.4 Å². The van der Waals surface area contributed by atoms with Crippen LogP contribution in [0.4, 0.5) is 11.4 Å². The van der Waals surface area contributed by atoms with E-state index in [-0.39, 0.29) is 17.0 Å². The first kappa shape index (κ1) is 21.8. The van der Waals surface area contributed by atoms with E-state index < -0.39 is 18.0 Å². The van der Waals surface area contributed by atoms with Gasteiger partial charge in [0.1, 0.15) is 0 Å². The van der Waals surface area contributed by atoms with E-state index in [0.717, 1.165) is 5.56 Å². The summed E-state index contributed by atoms with van der Waals surface area (Å²) in [6.07, 6.45) is -1.04. The van der Waals surface area contributed by atoms with E-state index in [1.54, 1.807) is 49.5 Å². The van der Waals surface area contributed by atoms with Gasteiger partial charge >= 0.3 is 5.97 Å². The quantitative estimate of drug-likeness (QED) is 0.602. The highest BCUT2D eigenvalue weighted by Crippen LogP contribution is 2.19. The number of esters is 1. The molecule has 0 aliphatic rings. The molecule has 0 bridgehead atoms. The Hall–Kier alpha value is -3.93.